The SMILES string of the molecule is O=C(Nc1cccc2c1OCN(c1cccc(S(=O)(=O)c3cccc(N4COc5c(cccc5NC(=O)c5ccccc5)C4)c3)c1)C2)c1ccccc1. The van der Waals surface area contributed by atoms with E-state index in [9.17, 15) is 18.0 Å². The lowest BCUT2D eigenvalue weighted by atomic mass is 10.1. The molecular weight excluding hydrogens is 689 g/mol. The number of nitrogens with zero attached hydrogens (tertiary/aromatic N) is 2. The minimum absolute atomic E-state index is 0.154. The summed E-state index contributed by atoms with van der Waals surface area (Å²) < 4.78 is 40.4. The molecule has 0 saturated carbocycles. The first kappa shape index (κ1) is 33.5. The van der Waals surface area contributed by atoms with Crippen LogP contribution in [0.15, 0.2) is 155 Å². The van der Waals surface area contributed by atoms with Gasteiger partial charge in [0.15, 0.2) is 13.5 Å². The first-order valence-corrected chi connectivity index (χ1v) is 18.5. The van der Waals surface area contributed by atoms with Crippen LogP contribution in [0.4, 0.5) is 22.7 Å². The molecule has 0 radical (unpaired) electrons. The lowest BCUT2D eigenvalue weighted by molar-refractivity contribution is 0.101. The van der Waals surface area contributed by atoms with Crippen LogP contribution in [-0.4, -0.2) is 33.7 Å². The van der Waals surface area contributed by atoms with Gasteiger partial charge in [-0.3, -0.25) is 9.59 Å². The van der Waals surface area contributed by atoms with Crippen LogP contribution in [0, 0.1) is 0 Å². The lowest BCUT2D eigenvalue weighted by Gasteiger charge is -2.32. The normalized spacial score (nSPS) is 13.5. The largest absolute Gasteiger partial charge is 0.471 e. The molecule has 0 aromatic heterocycles. The van der Waals surface area contributed by atoms with Crippen molar-refractivity contribution < 1.29 is 27.5 Å². The molecule has 2 aliphatic heterocycles. The summed E-state index contributed by atoms with van der Waals surface area (Å²) in [5, 5.41) is 5.90. The quantitative estimate of drug-likeness (QED) is 0.164. The van der Waals surface area contributed by atoms with Gasteiger partial charge in [-0.05, 0) is 72.8 Å². The van der Waals surface area contributed by atoms with Crippen molar-refractivity contribution in [2.45, 2.75) is 22.9 Å². The lowest BCUT2D eigenvalue weighted by Crippen LogP contribution is -2.32. The van der Waals surface area contributed by atoms with Crippen LogP contribution in [0.5, 0.6) is 11.5 Å². The first-order chi connectivity index (χ1) is 25.8. The third-order valence-electron chi connectivity index (χ3n) is 9.20. The van der Waals surface area contributed by atoms with Crippen LogP contribution < -0.4 is 29.9 Å². The summed E-state index contributed by atoms with van der Waals surface area (Å²) in [6, 6.07) is 42.8. The zero-order valence-electron chi connectivity index (χ0n) is 28.4. The van der Waals surface area contributed by atoms with Crippen LogP contribution >= 0.6 is 0 Å². The number of carbonyl (C=O) groups excluding carboxylic acids is 2. The summed E-state index contributed by atoms with van der Waals surface area (Å²) in [4.78, 5) is 29.8. The van der Waals surface area contributed by atoms with Crippen LogP contribution in [0.1, 0.15) is 31.8 Å². The molecule has 2 amide bonds. The van der Waals surface area contributed by atoms with E-state index in [1.165, 1.54) is 0 Å². The van der Waals surface area contributed by atoms with Gasteiger partial charge >= 0.3 is 0 Å². The molecule has 0 atom stereocenters. The zero-order valence-corrected chi connectivity index (χ0v) is 29.3. The fraction of sp³-hybridized carbons (Fsp3) is 0.0952. The van der Waals surface area contributed by atoms with Gasteiger partial charge in [0.1, 0.15) is 11.5 Å². The van der Waals surface area contributed by atoms with E-state index < -0.39 is 9.84 Å². The van der Waals surface area contributed by atoms with E-state index in [1.807, 2.05) is 82.6 Å². The van der Waals surface area contributed by atoms with E-state index in [2.05, 4.69) is 10.6 Å². The first-order valence-electron chi connectivity index (χ1n) is 17.0. The Balaban J connectivity index is 0.977. The Hall–Kier alpha value is -6.59. The Labute approximate surface area is 307 Å². The van der Waals surface area contributed by atoms with Crippen LogP contribution in [-0.2, 0) is 22.9 Å². The topological polar surface area (TPSA) is 117 Å². The summed E-state index contributed by atoms with van der Waals surface area (Å²) in [6.45, 7) is 1.24. The molecule has 10 nitrogen and oxygen atoms in total. The molecule has 0 unspecified atom stereocenters. The van der Waals surface area contributed by atoms with Gasteiger partial charge in [-0.25, -0.2) is 8.42 Å². The Morgan fingerprint density at radius 3 is 1.36 bits per heavy atom. The molecule has 0 aliphatic carbocycles. The van der Waals surface area contributed by atoms with Crippen LogP contribution in [0.2, 0.25) is 0 Å². The number of sulfone groups is 1. The smallest absolute Gasteiger partial charge is 0.255 e. The number of hydrogen-bond acceptors (Lipinski definition) is 8. The molecule has 0 saturated heterocycles. The highest BCUT2D eigenvalue weighted by Gasteiger charge is 2.26. The molecule has 0 bridgehead atoms. The molecule has 8 rings (SSSR count). The van der Waals surface area contributed by atoms with Gasteiger partial charge in [0, 0.05) is 46.7 Å². The van der Waals surface area contributed by atoms with Crippen molar-refractivity contribution in [2.24, 2.45) is 0 Å². The molecule has 6 aromatic carbocycles. The van der Waals surface area contributed by atoms with Gasteiger partial charge < -0.3 is 29.9 Å². The van der Waals surface area contributed by atoms with E-state index in [4.69, 9.17) is 9.47 Å². The van der Waals surface area contributed by atoms with E-state index >= 15 is 0 Å². The number of amides is 2. The van der Waals surface area contributed by atoms with Gasteiger partial charge in [-0.1, -0.05) is 72.8 Å². The van der Waals surface area contributed by atoms with E-state index in [1.54, 1.807) is 72.8 Å². The van der Waals surface area contributed by atoms with E-state index in [0.29, 0.717) is 58.5 Å². The molecule has 2 N–H and O–H groups in total. The molecular formula is C42H34N4O6S. The highest BCUT2D eigenvalue weighted by atomic mass is 32.2. The van der Waals surface area contributed by atoms with E-state index in [0.717, 1.165) is 11.1 Å². The van der Waals surface area contributed by atoms with Crippen molar-refractivity contribution in [1.29, 1.82) is 0 Å². The molecule has 2 aliphatic rings. The third kappa shape index (κ3) is 6.89. The summed E-state index contributed by atoms with van der Waals surface area (Å²) in [6.07, 6.45) is 0. The number of fused-ring (bicyclic) bond motifs is 2. The summed E-state index contributed by atoms with van der Waals surface area (Å²) >= 11 is 0. The monoisotopic (exact) mass is 722 g/mol. The number of nitrogens with one attached hydrogen (secondary N) is 2. The fourth-order valence-corrected chi connectivity index (χ4v) is 7.81. The van der Waals surface area contributed by atoms with Gasteiger partial charge in [0.2, 0.25) is 9.84 Å². The number of carbonyl (C=O) groups is 2. The fourth-order valence-electron chi connectivity index (χ4n) is 6.47. The second kappa shape index (κ2) is 14.2. The second-order valence-corrected chi connectivity index (χ2v) is 14.6. The summed E-state index contributed by atoms with van der Waals surface area (Å²) in [5.74, 6) is 0.712. The maximum Gasteiger partial charge on any atom is 0.255 e. The van der Waals surface area contributed by atoms with Gasteiger partial charge in [0.25, 0.3) is 11.8 Å². The molecule has 2 heterocycles. The number of anilines is 4. The Kier molecular flexibility index (Phi) is 8.99. The van der Waals surface area contributed by atoms with Crippen molar-refractivity contribution in [3.05, 3.63) is 168 Å². The summed E-state index contributed by atoms with van der Waals surface area (Å²) in [5.41, 5.74) is 5.32. The highest BCUT2D eigenvalue weighted by molar-refractivity contribution is 7.91. The van der Waals surface area contributed by atoms with Crippen molar-refractivity contribution in [1.82, 2.24) is 0 Å². The van der Waals surface area contributed by atoms with E-state index in [-0.39, 0.29) is 35.1 Å². The number of para-hydroxylation sites is 2. The molecule has 264 valence electrons. The highest BCUT2D eigenvalue weighted by Crippen LogP contribution is 2.38. The second-order valence-electron chi connectivity index (χ2n) is 12.7. The minimum atomic E-state index is -3.91. The van der Waals surface area contributed by atoms with Crippen LogP contribution in [0.3, 0.4) is 0 Å². The van der Waals surface area contributed by atoms with Crippen molar-refractivity contribution in [3.8, 4) is 11.5 Å². The molecule has 0 fully saturated rings. The van der Waals surface area contributed by atoms with Crippen molar-refractivity contribution in [2.75, 3.05) is 33.9 Å². The average Bonchev–Trinajstić information content (AvgIpc) is 3.21. The Morgan fingerprint density at radius 2 is 0.925 bits per heavy atom. The summed E-state index contributed by atoms with van der Waals surface area (Å²) in [7, 11) is -3.91. The Bertz CT molecular complexity index is 2280. The molecule has 6 aromatic rings. The molecule has 0 spiro atoms. The maximum atomic E-state index is 14.0. The Morgan fingerprint density at radius 1 is 0.509 bits per heavy atom. The maximum absolute atomic E-state index is 14.0. The number of benzene rings is 6. The van der Waals surface area contributed by atoms with Gasteiger partial charge in [-0.15, -0.1) is 0 Å². The van der Waals surface area contributed by atoms with Crippen molar-refractivity contribution in [3.63, 3.8) is 0 Å². The number of hydrogen-bond donors (Lipinski definition) is 2. The molecule has 11 heteroatoms. The molecule has 53 heavy (non-hydrogen) atoms. The van der Waals surface area contributed by atoms with Gasteiger partial charge in [0.05, 0.1) is 21.2 Å². The zero-order chi connectivity index (χ0) is 36.4. The number of ether oxygens (including phenoxy) is 2. The van der Waals surface area contributed by atoms with Crippen molar-refractivity contribution >= 4 is 44.4 Å². The number of rotatable bonds is 8. The predicted molar refractivity (Wildman–Crippen MR) is 203 cm³/mol. The average molecular weight is 723 g/mol. The third-order valence-corrected chi connectivity index (χ3v) is 10.9. The standard InChI is InChI=1S/C42H34N4O6S/c47-41(29-11-3-1-4-12-29)43-37-21-7-15-31-25-45(27-51-39(31)37)33-17-9-19-35(23-33)53(49,50)36-20-10-18-34(24-36)46-26-32-16-8-22-38(40(32)52-28-46)44-42(48)30-13-5-2-6-14-30/h1-24H,25-28H2,(H,43,47)(H,44,48). The minimum Gasteiger partial charge on any atom is -0.471 e. The predicted octanol–water partition coefficient (Wildman–Crippen LogP) is 7.74. The van der Waals surface area contributed by atoms with Gasteiger partial charge in [-0.2, -0.15) is 0 Å². The van der Waals surface area contributed by atoms with Crippen LogP contribution in [0.25, 0.3) is 0 Å².